The number of methoxy groups -OCH3 is 1. The van der Waals surface area contributed by atoms with E-state index in [1.807, 2.05) is 24.4 Å². The number of amides is 1. The van der Waals surface area contributed by atoms with E-state index >= 15 is 0 Å². The minimum absolute atomic E-state index is 0.123. The molecule has 108 valence electrons. The van der Waals surface area contributed by atoms with Crippen molar-refractivity contribution in [3.63, 3.8) is 0 Å². The van der Waals surface area contributed by atoms with Crippen molar-refractivity contribution in [3.8, 4) is 0 Å². The van der Waals surface area contributed by atoms with Crippen molar-refractivity contribution in [2.75, 3.05) is 20.3 Å². The van der Waals surface area contributed by atoms with E-state index in [2.05, 4.69) is 16.4 Å². The van der Waals surface area contributed by atoms with Crippen LogP contribution in [-0.4, -0.2) is 37.2 Å². The Morgan fingerprint density at radius 2 is 2.25 bits per heavy atom. The lowest BCUT2D eigenvalue weighted by molar-refractivity contribution is -0.122. The van der Waals surface area contributed by atoms with Gasteiger partial charge in [-0.25, -0.2) is 0 Å². The van der Waals surface area contributed by atoms with Crippen LogP contribution in [0.5, 0.6) is 0 Å². The van der Waals surface area contributed by atoms with Crippen molar-refractivity contribution in [2.45, 2.75) is 18.9 Å². The fraction of sp³-hybridized carbons (Fsp3) is 0.400. The molecule has 20 heavy (non-hydrogen) atoms. The number of carbonyl (C=O) groups is 1. The first-order valence-corrected chi connectivity index (χ1v) is 6.79. The molecule has 0 aliphatic carbocycles. The summed E-state index contributed by atoms with van der Waals surface area (Å²) in [4.78, 5) is 15.0. The van der Waals surface area contributed by atoms with Crippen LogP contribution in [0, 0.1) is 0 Å². The Morgan fingerprint density at radius 1 is 1.45 bits per heavy atom. The molecule has 5 heteroatoms. The average molecular weight is 275 g/mol. The highest BCUT2D eigenvalue weighted by molar-refractivity contribution is 5.83. The number of fused-ring (bicyclic) bond motifs is 1. The van der Waals surface area contributed by atoms with Crippen molar-refractivity contribution < 1.29 is 9.53 Å². The third kappa shape index (κ3) is 3.59. The molecule has 0 spiro atoms. The van der Waals surface area contributed by atoms with E-state index in [1.165, 1.54) is 10.9 Å². The molecule has 0 aliphatic rings. The Hall–Kier alpha value is -1.85. The molecule has 1 atom stereocenters. The number of para-hydroxylation sites is 1. The van der Waals surface area contributed by atoms with Crippen molar-refractivity contribution in [2.24, 2.45) is 5.73 Å². The molecular weight excluding hydrogens is 254 g/mol. The number of benzene rings is 1. The lowest BCUT2D eigenvalue weighted by Crippen LogP contribution is -2.41. The second kappa shape index (κ2) is 7.07. The van der Waals surface area contributed by atoms with Gasteiger partial charge in [0.1, 0.15) is 0 Å². The van der Waals surface area contributed by atoms with Crippen LogP contribution in [0.3, 0.4) is 0 Å². The molecule has 5 nitrogen and oxygen atoms in total. The van der Waals surface area contributed by atoms with Gasteiger partial charge in [-0.05, 0) is 24.5 Å². The highest BCUT2D eigenvalue weighted by atomic mass is 16.5. The summed E-state index contributed by atoms with van der Waals surface area (Å²) < 4.78 is 4.91. The summed E-state index contributed by atoms with van der Waals surface area (Å²) in [6, 6.07) is 7.63. The van der Waals surface area contributed by atoms with Gasteiger partial charge in [0, 0.05) is 37.4 Å². The Kier molecular flexibility index (Phi) is 5.15. The molecule has 0 bridgehead atoms. The van der Waals surface area contributed by atoms with E-state index in [9.17, 15) is 4.79 Å². The molecule has 0 saturated heterocycles. The quantitative estimate of drug-likeness (QED) is 0.710. The second-order valence-corrected chi connectivity index (χ2v) is 4.79. The number of nitrogens with two attached hydrogens (primary N) is 1. The predicted octanol–water partition coefficient (Wildman–Crippen LogP) is 1.19. The van der Waals surface area contributed by atoms with E-state index in [4.69, 9.17) is 10.5 Å². The molecule has 0 aliphatic heterocycles. The molecule has 2 rings (SSSR count). The highest BCUT2D eigenvalue weighted by Crippen LogP contribution is 2.17. The third-order valence-corrected chi connectivity index (χ3v) is 3.34. The number of rotatable bonds is 7. The molecule has 1 heterocycles. The van der Waals surface area contributed by atoms with Gasteiger partial charge in [0.25, 0.3) is 0 Å². The highest BCUT2D eigenvalue weighted by Gasteiger charge is 2.12. The van der Waals surface area contributed by atoms with Gasteiger partial charge in [0.05, 0.1) is 6.04 Å². The second-order valence-electron chi connectivity index (χ2n) is 4.79. The van der Waals surface area contributed by atoms with Gasteiger partial charge in [0.15, 0.2) is 0 Å². The van der Waals surface area contributed by atoms with Gasteiger partial charge in [-0.15, -0.1) is 0 Å². The van der Waals surface area contributed by atoms with Crippen molar-refractivity contribution in [1.29, 1.82) is 0 Å². The first-order valence-electron chi connectivity index (χ1n) is 6.79. The van der Waals surface area contributed by atoms with Gasteiger partial charge in [-0.1, -0.05) is 18.2 Å². The zero-order valence-electron chi connectivity index (χ0n) is 11.7. The SMILES string of the molecule is COCCC(N)C(=O)NCCc1c[nH]c2ccccc12. The fourth-order valence-corrected chi connectivity index (χ4v) is 2.17. The van der Waals surface area contributed by atoms with Gasteiger partial charge in [0.2, 0.25) is 5.91 Å². The third-order valence-electron chi connectivity index (χ3n) is 3.34. The maximum Gasteiger partial charge on any atom is 0.237 e. The number of ether oxygens (including phenoxy) is 1. The number of aromatic amines is 1. The minimum atomic E-state index is -0.502. The van der Waals surface area contributed by atoms with Crippen LogP contribution in [0.25, 0.3) is 10.9 Å². The smallest absolute Gasteiger partial charge is 0.237 e. The van der Waals surface area contributed by atoms with Gasteiger partial charge in [-0.3, -0.25) is 4.79 Å². The van der Waals surface area contributed by atoms with E-state index < -0.39 is 6.04 Å². The van der Waals surface area contributed by atoms with Crippen molar-refractivity contribution >= 4 is 16.8 Å². The first-order chi connectivity index (χ1) is 9.72. The average Bonchev–Trinajstić information content (AvgIpc) is 2.88. The summed E-state index contributed by atoms with van der Waals surface area (Å²) in [5, 5.41) is 4.06. The summed E-state index contributed by atoms with van der Waals surface area (Å²) in [6.45, 7) is 1.08. The summed E-state index contributed by atoms with van der Waals surface area (Å²) >= 11 is 0. The molecular formula is C15H21N3O2. The largest absolute Gasteiger partial charge is 0.385 e. The van der Waals surface area contributed by atoms with Crippen LogP contribution in [0.4, 0.5) is 0 Å². The van der Waals surface area contributed by atoms with E-state index in [1.54, 1.807) is 7.11 Å². The number of H-pyrrole nitrogens is 1. The minimum Gasteiger partial charge on any atom is -0.385 e. The van der Waals surface area contributed by atoms with Crippen molar-refractivity contribution in [3.05, 3.63) is 36.0 Å². The molecule has 0 saturated carbocycles. The molecule has 1 unspecified atom stereocenters. The van der Waals surface area contributed by atoms with Crippen molar-refractivity contribution in [1.82, 2.24) is 10.3 Å². The number of hydrogen-bond acceptors (Lipinski definition) is 3. The topological polar surface area (TPSA) is 80.1 Å². The monoisotopic (exact) mass is 275 g/mol. The Balaban J connectivity index is 1.82. The lowest BCUT2D eigenvalue weighted by Gasteiger charge is -2.11. The predicted molar refractivity (Wildman–Crippen MR) is 79.5 cm³/mol. The number of aromatic nitrogens is 1. The molecule has 0 fully saturated rings. The van der Waals surface area contributed by atoms with Gasteiger partial charge in [-0.2, -0.15) is 0 Å². The maximum atomic E-state index is 11.7. The van der Waals surface area contributed by atoms with Crippen LogP contribution < -0.4 is 11.1 Å². The Labute approximate surface area is 118 Å². The Morgan fingerprint density at radius 3 is 3.05 bits per heavy atom. The van der Waals surface area contributed by atoms with E-state index in [-0.39, 0.29) is 5.91 Å². The molecule has 1 aromatic carbocycles. The summed E-state index contributed by atoms with van der Waals surface area (Å²) in [7, 11) is 1.60. The Bertz CT molecular complexity index is 565. The maximum absolute atomic E-state index is 11.7. The van der Waals surface area contributed by atoms with E-state index in [0.717, 1.165) is 11.9 Å². The molecule has 1 amide bonds. The van der Waals surface area contributed by atoms with Crippen LogP contribution >= 0.6 is 0 Å². The van der Waals surface area contributed by atoms with Gasteiger partial charge < -0.3 is 20.8 Å². The standard InChI is InChI=1S/C15H21N3O2/c1-20-9-7-13(16)15(19)17-8-6-11-10-18-14-5-3-2-4-12(11)14/h2-5,10,13,18H,6-9,16H2,1H3,(H,17,19). The number of nitrogens with one attached hydrogen (secondary N) is 2. The zero-order chi connectivity index (χ0) is 14.4. The normalized spacial score (nSPS) is 12.5. The van der Waals surface area contributed by atoms with Crippen LogP contribution in [0.15, 0.2) is 30.5 Å². The molecule has 0 radical (unpaired) electrons. The van der Waals surface area contributed by atoms with Crippen LogP contribution in [0.2, 0.25) is 0 Å². The summed E-state index contributed by atoms with van der Waals surface area (Å²) in [5.41, 5.74) is 8.07. The zero-order valence-corrected chi connectivity index (χ0v) is 11.7. The molecule has 4 N–H and O–H groups in total. The lowest BCUT2D eigenvalue weighted by atomic mass is 10.1. The number of hydrogen-bond donors (Lipinski definition) is 3. The van der Waals surface area contributed by atoms with Crippen LogP contribution in [-0.2, 0) is 16.0 Å². The summed E-state index contributed by atoms with van der Waals surface area (Å²) in [6.07, 6.45) is 3.31. The van der Waals surface area contributed by atoms with E-state index in [0.29, 0.717) is 19.6 Å². The van der Waals surface area contributed by atoms with Crippen LogP contribution in [0.1, 0.15) is 12.0 Å². The summed E-state index contributed by atoms with van der Waals surface area (Å²) in [5.74, 6) is -0.123. The first kappa shape index (κ1) is 14.6. The van der Waals surface area contributed by atoms with Gasteiger partial charge >= 0.3 is 0 Å². The number of carbonyl (C=O) groups excluding carboxylic acids is 1. The molecule has 1 aromatic heterocycles. The fourth-order valence-electron chi connectivity index (χ4n) is 2.17. The molecule has 2 aromatic rings.